The maximum absolute atomic E-state index is 13.1. The number of piperazine rings is 1. The lowest BCUT2D eigenvalue weighted by Gasteiger charge is -2.33. The summed E-state index contributed by atoms with van der Waals surface area (Å²) in [6.45, 7) is 7.24. The number of sulfonamides is 1. The first-order valence-electron chi connectivity index (χ1n) is 9.63. The zero-order valence-electron chi connectivity index (χ0n) is 17.0. The molecule has 2 aromatic carbocycles. The summed E-state index contributed by atoms with van der Waals surface area (Å²) in [6, 6.07) is 11.7. The second kappa shape index (κ2) is 8.94. The topological polar surface area (TPSA) is 79.0 Å². The molecule has 0 radical (unpaired) electrons. The Kier molecular flexibility index (Phi) is 6.56. The van der Waals surface area contributed by atoms with Crippen LogP contribution in [0.25, 0.3) is 0 Å². The van der Waals surface area contributed by atoms with Gasteiger partial charge in [-0.25, -0.2) is 8.42 Å². The van der Waals surface area contributed by atoms with Gasteiger partial charge in [0.05, 0.1) is 17.7 Å². The van der Waals surface area contributed by atoms with Gasteiger partial charge in [-0.2, -0.15) is 4.31 Å². The highest BCUT2D eigenvalue weighted by Gasteiger charge is 2.28. The molecule has 0 bridgehead atoms. The van der Waals surface area contributed by atoms with E-state index in [0.29, 0.717) is 43.2 Å². The zero-order valence-corrected chi connectivity index (χ0v) is 17.8. The van der Waals surface area contributed by atoms with Gasteiger partial charge < -0.3 is 15.0 Å². The van der Waals surface area contributed by atoms with Crippen LogP contribution in [0.3, 0.4) is 0 Å². The molecule has 0 aliphatic carbocycles. The molecule has 0 saturated carbocycles. The summed E-state index contributed by atoms with van der Waals surface area (Å²) in [5.41, 5.74) is 1.86. The number of aryl methyl sites for hydroxylation is 1. The van der Waals surface area contributed by atoms with Crippen LogP contribution in [-0.4, -0.2) is 63.4 Å². The van der Waals surface area contributed by atoms with E-state index >= 15 is 0 Å². The fourth-order valence-corrected chi connectivity index (χ4v) is 4.73. The van der Waals surface area contributed by atoms with Gasteiger partial charge in [-0.1, -0.05) is 24.6 Å². The van der Waals surface area contributed by atoms with E-state index in [1.54, 1.807) is 18.2 Å². The normalized spacial score (nSPS) is 15.8. The van der Waals surface area contributed by atoms with Crippen LogP contribution in [0.5, 0.6) is 5.75 Å². The van der Waals surface area contributed by atoms with Gasteiger partial charge in [-0.05, 0) is 43.8 Å². The number of rotatable bonds is 6. The van der Waals surface area contributed by atoms with Crippen molar-refractivity contribution in [3.63, 3.8) is 0 Å². The van der Waals surface area contributed by atoms with Crippen molar-refractivity contribution in [2.45, 2.75) is 18.7 Å². The molecule has 2 aromatic rings. The number of benzene rings is 2. The molecule has 3 rings (SSSR count). The Morgan fingerprint density at radius 1 is 1.07 bits per heavy atom. The lowest BCUT2D eigenvalue weighted by molar-refractivity contribution is 0.102. The van der Waals surface area contributed by atoms with Gasteiger partial charge in [0, 0.05) is 31.7 Å². The van der Waals surface area contributed by atoms with Crippen molar-refractivity contribution in [3.8, 4) is 5.75 Å². The Hall–Kier alpha value is -2.42. The number of ether oxygens (including phenoxy) is 1. The number of carbonyl (C=O) groups is 1. The van der Waals surface area contributed by atoms with E-state index in [4.69, 9.17) is 4.74 Å². The molecule has 0 unspecified atom stereocenters. The molecule has 1 heterocycles. The van der Waals surface area contributed by atoms with Crippen molar-refractivity contribution in [2.75, 3.05) is 45.2 Å². The van der Waals surface area contributed by atoms with Crippen LogP contribution in [0, 0.1) is 6.92 Å². The van der Waals surface area contributed by atoms with Crippen LogP contribution < -0.4 is 10.1 Å². The number of nitrogens with zero attached hydrogens (tertiary/aromatic N) is 2. The van der Waals surface area contributed by atoms with Gasteiger partial charge in [0.2, 0.25) is 10.0 Å². The molecule has 0 aromatic heterocycles. The van der Waals surface area contributed by atoms with E-state index in [9.17, 15) is 13.2 Å². The largest absolute Gasteiger partial charge is 0.495 e. The van der Waals surface area contributed by atoms with Crippen LogP contribution in [0.1, 0.15) is 22.8 Å². The van der Waals surface area contributed by atoms with Gasteiger partial charge in [-0.3, -0.25) is 4.79 Å². The third-order valence-electron chi connectivity index (χ3n) is 5.15. The highest BCUT2D eigenvalue weighted by molar-refractivity contribution is 7.89. The fourth-order valence-electron chi connectivity index (χ4n) is 3.28. The second-order valence-electron chi connectivity index (χ2n) is 7.02. The minimum atomic E-state index is -3.65. The summed E-state index contributed by atoms with van der Waals surface area (Å²) in [5, 5.41) is 2.77. The lowest BCUT2D eigenvalue weighted by atomic mass is 10.1. The van der Waals surface area contributed by atoms with Gasteiger partial charge in [0.25, 0.3) is 5.91 Å². The number of hydrogen-bond acceptors (Lipinski definition) is 5. The first kappa shape index (κ1) is 21.3. The van der Waals surface area contributed by atoms with E-state index in [2.05, 4.69) is 17.1 Å². The summed E-state index contributed by atoms with van der Waals surface area (Å²) in [6.07, 6.45) is 0. The lowest BCUT2D eigenvalue weighted by Crippen LogP contribution is -2.48. The summed E-state index contributed by atoms with van der Waals surface area (Å²) in [5.74, 6) is 0.0784. The Bertz CT molecular complexity index is 966. The molecular weight excluding hydrogens is 390 g/mol. The molecule has 0 spiro atoms. The van der Waals surface area contributed by atoms with Gasteiger partial charge in [-0.15, -0.1) is 0 Å². The quantitative estimate of drug-likeness (QED) is 0.782. The standard InChI is InChI=1S/C21H27N3O4S/c1-4-23-11-13-24(14-12-23)29(26,27)18-9-10-20(28-3)19(15-18)22-21(25)17-7-5-16(2)6-8-17/h5-10,15H,4,11-14H2,1-3H3,(H,22,25). The van der Waals surface area contributed by atoms with Crippen LogP contribution in [0.4, 0.5) is 5.69 Å². The second-order valence-corrected chi connectivity index (χ2v) is 8.96. The summed E-state index contributed by atoms with van der Waals surface area (Å²) < 4.78 is 33.0. The third kappa shape index (κ3) is 4.77. The van der Waals surface area contributed by atoms with Crippen LogP contribution in [0.15, 0.2) is 47.4 Å². The summed E-state index contributed by atoms with van der Waals surface area (Å²) in [7, 11) is -2.17. The highest BCUT2D eigenvalue weighted by Crippen LogP contribution is 2.29. The molecule has 1 N–H and O–H groups in total. The average molecular weight is 418 g/mol. The van der Waals surface area contributed by atoms with Crippen molar-refractivity contribution in [1.29, 1.82) is 0 Å². The first-order valence-corrected chi connectivity index (χ1v) is 11.1. The van der Waals surface area contributed by atoms with Gasteiger partial charge in [0.15, 0.2) is 0 Å². The highest BCUT2D eigenvalue weighted by atomic mass is 32.2. The summed E-state index contributed by atoms with van der Waals surface area (Å²) in [4.78, 5) is 15.0. The minimum absolute atomic E-state index is 0.141. The molecule has 1 aliphatic heterocycles. The molecule has 1 fully saturated rings. The van der Waals surface area contributed by atoms with Crippen LogP contribution >= 0.6 is 0 Å². The third-order valence-corrected chi connectivity index (χ3v) is 7.04. The van der Waals surface area contributed by atoms with E-state index in [1.165, 1.54) is 23.5 Å². The molecule has 1 saturated heterocycles. The van der Waals surface area contributed by atoms with Crippen molar-refractivity contribution < 1.29 is 17.9 Å². The van der Waals surface area contributed by atoms with E-state index in [1.807, 2.05) is 19.1 Å². The van der Waals surface area contributed by atoms with E-state index < -0.39 is 10.0 Å². The number of anilines is 1. The molecule has 7 nitrogen and oxygen atoms in total. The summed E-state index contributed by atoms with van der Waals surface area (Å²) >= 11 is 0. The maximum atomic E-state index is 13.1. The van der Waals surface area contributed by atoms with Gasteiger partial charge in [0.1, 0.15) is 5.75 Å². The number of nitrogens with one attached hydrogen (secondary N) is 1. The fraction of sp³-hybridized carbons (Fsp3) is 0.381. The number of methoxy groups -OCH3 is 1. The Morgan fingerprint density at radius 2 is 1.72 bits per heavy atom. The Balaban J connectivity index is 1.84. The molecule has 8 heteroatoms. The van der Waals surface area contributed by atoms with E-state index in [0.717, 1.165) is 12.1 Å². The molecule has 1 aliphatic rings. The SMILES string of the molecule is CCN1CCN(S(=O)(=O)c2ccc(OC)c(NC(=O)c3ccc(C)cc3)c2)CC1. The molecule has 29 heavy (non-hydrogen) atoms. The average Bonchev–Trinajstić information content (AvgIpc) is 2.74. The number of likely N-dealkylation sites (N-methyl/N-ethyl adjacent to an activating group) is 1. The predicted octanol–water partition coefficient (Wildman–Crippen LogP) is 2.58. The number of amides is 1. The van der Waals surface area contributed by atoms with Crippen molar-refractivity contribution in [2.24, 2.45) is 0 Å². The maximum Gasteiger partial charge on any atom is 0.255 e. The molecule has 156 valence electrons. The van der Waals surface area contributed by atoms with E-state index in [-0.39, 0.29) is 10.8 Å². The smallest absolute Gasteiger partial charge is 0.255 e. The monoisotopic (exact) mass is 417 g/mol. The first-order chi connectivity index (χ1) is 13.8. The predicted molar refractivity (Wildman–Crippen MR) is 113 cm³/mol. The van der Waals surface area contributed by atoms with Crippen molar-refractivity contribution in [3.05, 3.63) is 53.6 Å². The number of hydrogen-bond donors (Lipinski definition) is 1. The zero-order chi connectivity index (χ0) is 21.0. The molecular formula is C21H27N3O4S. The Morgan fingerprint density at radius 3 is 2.31 bits per heavy atom. The number of carbonyl (C=O) groups excluding carboxylic acids is 1. The van der Waals surface area contributed by atoms with Crippen LogP contribution in [-0.2, 0) is 10.0 Å². The van der Waals surface area contributed by atoms with Crippen LogP contribution in [0.2, 0.25) is 0 Å². The minimum Gasteiger partial charge on any atom is -0.495 e. The van der Waals surface area contributed by atoms with Crippen molar-refractivity contribution >= 4 is 21.6 Å². The molecule has 0 atom stereocenters. The molecule has 1 amide bonds. The van der Waals surface area contributed by atoms with Crippen molar-refractivity contribution in [1.82, 2.24) is 9.21 Å². The Labute approximate surface area is 172 Å². The van der Waals surface area contributed by atoms with Gasteiger partial charge >= 0.3 is 0 Å².